The van der Waals surface area contributed by atoms with Crippen LogP contribution in [0, 0.1) is 11.7 Å². The molecular weight excluding hydrogens is 436 g/mol. The summed E-state index contributed by atoms with van der Waals surface area (Å²) >= 11 is 3.29. The second kappa shape index (κ2) is 7.29. The van der Waals surface area contributed by atoms with Crippen LogP contribution in [0.5, 0.6) is 5.75 Å². The van der Waals surface area contributed by atoms with Crippen molar-refractivity contribution in [1.29, 1.82) is 0 Å². The van der Waals surface area contributed by atoms with Crippen LogP contribution in [-0.2, 0) is 11.2 Å². The van der Waals surface area contributed by atoms with Crippen molar-refractivity contribution in [2.75, 3.05) is 11.9 Å². The van der Waals surface area contributed by atoms with E-state index < -0.39 is 35.9 Å². The molecule has 2 N–H and O–H groups in total. The summed E-state index contributed by atoms with van der Waals surface area (Å²) in [5.74, 6) is -3.53. The minimum atomic E-state index is -5.03. The molecule has 5 nitrogen and oxygen atoms in total. The first kappa shape index (κ1) is 19.9. The monoisotopic (exact) mass is 452 g/mol. The Kier molecular flexibility index (Phi) is 5.38. The van der Waals surface area contributed by atoms with E-state index in [0.29, 0.717) is 18.2 Å². The molecule has 1 atom stereocenters. The number of nitrogens with two attached hydrogens (primary N) is 1. The van der Waals surface area contributed by atoms with Gasteiger partial charge in [-0.3, -0.25) is 9.59 Å². The number of nitrogens with zero attached hydrogens (tertiary/aromatic N) is 1. The van der Waals surface area contributed by atoms with Gasteiger partial charge >= 0.3 is 12.1 Å². The fourth-order valence-corrected chi connectivity index (χ4v) is 4.20. The Bertz CT molecular complexity index is 765. The minimum Gasteiger partial charge on any atom is -0.488 e. The highest BCUT2D eigenvalue weighted by atomic mass is 79.9. The van der Waals surface area contributed by atoms with E-state index in [0.717, 1.165) is 11.0 Å². The van der Waals surface area contributed by atoms with Crippen molar-refractivity contribution >= 4 is 27.7 Å². The second-order valence-corrected chi connectivity index (χ2v) is 7.44. The lowest BCUT2D eigenvalue weighted by Crippen LogP contribution is -2.59. The number of amides is 2. The average Bonchev–Trinajstić information content (AvgIpc) is 2.56. The highest BCUT2D eigenvalue weighted by molar-refractivity contribution is 9.09. The molecule has 1 heterocycles. The van der Waals surface area contributed by atoms with Crippen molar-refractivity contribution in [2.24, 2.45) is 11.7 Å². The lowest BCUT2D eigenvalue weighted by Gasteiger charge is -2.47. The van der Waals surface area contributed by atoms with Crippen molar-refractivity contribution in [3.63, 3.8) is 0 Å². The summed E-state index contributed by atoms with van der Waals surface area (Å²) in [6.07, 6.45) is -4.30. The van der Waals surface area contributed by atoms with E-state index in [1.54, 1.807) is 0 Å². The predicted octanol–water partition coefficient (Wildman–Crippen LogP) is 2.79. The summed E-state index contributed by atoms with van der Waals surface area (Å²) in [7, 11) is 0. The zero-order chi connectivity index (χ0) is 19.9. The SMILES string of the molecule is NC(=O)c1ccc(F)c2c1C[C@@H](N(C(=O)C(F)(F)F)C1CC(CBr)C1)CO2. The van der Waals surface area contributed by atoms with Crippen LogP contribution in [-0.4, -0.2) is 46.9 Å². The first-order valence-corrected chi connectivity index (χ1v) is 9.45. The van der Waals surface area contributed by atoms with Crippen LogP contribution >= 0.6 is 15.9 Å². The van der Waals surface area contributed by atoms with E-state index >= 15 is 0 Å². The summed E-state index contributed by atoms with van der Waals surface area (Å²) < 4.78 is 58.7. The molecule has 148 valence electrons. The van der Waals surface area contributed by atoms with Gasteiger partial charge in [-0.2, -0.15) is 13.2 Å². The summed E-state index contributed by atoms with van der Waals surface area (Å²) in [6, 6.07) is 0.641. The Balaban J connectivity index is 1.93. The number of fused-ring (bicyclic) bond motifs is 1. The van der Waals surface area contributed by atoms with Crippen molar-refractivity contribution in [1.82, 2.24) is 4.90 Å². The van der Waals surface area contributed by atoms with Gasteiger partial charge in [0, 0.05) is 28.9 Å². The number of hydrogen-bond donors (Lipinski definition) is 1. The molecule has 2 amide bonds. The number of primary amides is 1. The fourth-order valence-electron chi connectivity index (χ4n) is 3.67. The maximum atomic E-state index is 14.0. The van der Waals surface area contributed by atoms with E-state index in [2.05, 4.69) is 15.9 Å². The number of ether oxygens (including phenoxy) is 1. The highest BCUT2D eigenvalue weighted by Crippen LogP contribution is 2.39. The predicted molar refractivity (Wildman–Crippen MR) is 91.1 cm³/mol. The molecule has 0 saturated heterocycles. The Morgan fingerprint density at radius 3 is 2.48 bits per heavy atom. The van der Waals surface area contributed by atoms with Gasteiger partial charge in [-0.15, -0.1) is 0 Å². The molecule has 3 rings (SSSR count). The fraction of sp³-hybridized carbons (Fsp3) is 0.529. The van der Waals surface area contributed by atoms with Crippen LogP contribution < -0.4 is 10.5 Å². The quantitative estimate of drug-likeness (QED) is 0.563. The highest BCUT2D eigenvalue weighted by Gasteiger charge is 2.50. The van der Waals surface area contributed by atoms with Crippen LogP contribution in [0.25, 0.3) is 0 Å². The molecule has 1 aliphatic carbocycles. The zero-order valence-corrected chi connectivity index (χ0v) is 15.6. The van der Waals surface area contributed by atoms with Gasteiger partial charge in [0.2, 0.25) is 5.91 Å². The Morgan fingerprint density at radius 1 is 1.26 bits per heavy atom. The molecule has 1 aliphatic heterocycles. The molecule has 1 aromatic carbocycles. The third kappa shape index (κ3) is 3.76. The van der Waals surface area contributed by atoms with E-state index in [1.165, 1.54) is 6.07 Å². The summed E-state index contributed by atoms with van der Waals surface area (Å²) in [5, 5.41) is 0.637. The number of alkyl halides is 4. The molecule has 0 aromatic heterocycles. The Morgan fingerprint density at radius 2 is 1.93 bits per heavy atom. The molecule has 0 unspecified atom stereocenters. The van der Waals surface area contributed by atoms with Crippen LogP contribution in [0.15, 0.2) is 12.1 Å². The van der Waals surface area contributed by atoms with Gasteiger partial charge in [-0.05, 0) is 30.9 Å². The van der Waals surface area contributed by atoms with Gasteiger partial charge in [0.25, 0.3) is 0 Å². The first-order valence-electron chi connectivity index (χ1n) is 8.32. The molecule has 10 heteroatoms. The molecule has 27 heavy (non-hydrogen) atoms. The molecule has 1 fully saturated rings. The van der Waals surface area contributed by atoms with Crippen molar-refractivity contribution < 1.29 is 31.9 Å². The summed E-state index contributed by atoms with van der Waals surface area (Å²) in [5.41, 5.74) is 5.36. The summed E-state index contributed by atoms with van der Waals surface area (Å²) in [6.45, 7) is -0.288. The molecular formula is C17H17BrF4N2O3. The van der Waals surface area contributed by atoms with Crippen molar-refractivity contribution in [3.05, 3.63) is 29.1 Å². The molecule has 1 saturated carbocycles. The number of benzene rings is 1. The van der Waals surface area contributed by atoms with Gasteiger partial charge < -0.3 is 15.4 Å². The number of carbonyl (C=O) groups is 2. The Labute approximate surface area is 161 Å². The number of rotatable bonds is 4. The van der Waals surface area contributed by atoms with E-state index in [-0.39, 0.29) is 35.8 Å². The third-order valence-corrected chi connectivity index (χ3v) is 5.95. The van der Waals surface area contributed by atoms with E-state index in [9.17, 15) is 27.2 Å². The normalized spacial score (nSPS) is 24.4. The summed E-state index contributed by atoms with van der Waals surface area (Å²) in [4.78, 5) is 24.5. The largest absolute Gasteiger partial charge is 0.488 e. The second-order valence-electron chi connectivity index (χ2n) is 6.79. The molecule has 0 radical (unpaired) electrons. The van der Waals surface area contributed by atoms with Crippen LogP contribution in [0.2, 0.25) is 0 Å². The van der Waals surface area contributed by atoms with Crippen molar-refractivity contribution in [3.8, 4) is 5.75 Å². The van der Waals surface area contributed by atoms with E-state index in [1.807, 2.05) is 0 Å². The lowest BCUT2D eigenvalue weighted by atomic mass is 9.79. The zero-order valence-electron chi connectivity index (χ0n) is 14.1. The third-order valence-electron chi connectivity index (χ3n) is 5.03. The number of hydrogen-bond acceptors (Lipinski definition) is 3. The molecule has 0 spiro atoms. The smallest absolute Gasteiger partial charge is 0.471 e. The number of halogens is 5. The van der Waals surface area contributed by atoms with Gasteiger partial charge in [0.05, 0.1) is 6.04 Å². The number of carbonyl (C=O) groups excluding carboxylic acids is 2. The molecule has 0 bridgehead atoms. The topological polar surface area (TPSA) is 72.6 Å². The maximum absolute atomic E-state index is 14.0. The first-order chi connectivity index (χ1) is 12.6. The van der Waals surface area contributed by atoms with Crippen LogP contribution in [0.3, 0.4) is 0 Å². The van der Waals surface area contributed by atoms with Gasteiger partial charge in [-0.1, -0.05) is 15.9 Å². The van der Waals surface area contributed by atoms with Gasteiger partial charge in [0.15, 0.2) is 11.6 Å². The van der Waals surface area contributed by atoms with Crippen molar-refractivity contribution in [2.45, 2.75) is 37.5 Å². The minimum absolute atomic E-state index is 0.0255. The van der Waals surface area contributed by atoms with Crippen LogP contribution in [0.1, 0.15) is 28.8 Å². The van der Waals surface area contributed by atoms with Gasteiger partial charge in [-0.25, -0.2) is 4.39 Å². The van der Waals surface area contributed by atoms with Gasteiger partial charge in [0.1, 0.15) is 6.61 Å². The molecule has 2 aliphatic rings. The van der Waals surface area contributed by atoms with E-state index in [4.69, 9.17) is 10.5 Å². The average molecular weight is 453 g/mol. The Hall–Kier alpha value is -1.84. The standard InChI is InChI=1S/C17H17BrF4N2O3/c18-6-8-3-9(4-8)24(16(26)17(20,21)22)10-5-12-11(15(23)25)1-2-13(19)14(12)27-7-10/h1-2,8-10H,3-7H2,(H2,23,25)/t8?,9?,10-/m1/s1. The molecule has 1 aromatic rings. The van der Waals surface area contributed by atoms with Crippen LogP contribution in [0.4, 0.5) is 17.6 Å². The lowest BCUT2D eigenvalue weighted by molar-refractivity contribution is -0.194. The maximum Gasteiger partial charge on any atom is 0.471 e.